The van der Waals surface area contributed by atoms with Crippen molar-refractivity contribution in [3.63, 3.8) is 0 Å². The molecule has 7 aromatic carbocycles. The van der Waals surface area contributed by atoms with Crippen molar-refractivity contribution in [2.24, 2.45) is 0 Å². The first-order valence-electron chi connectivity index (χ1n) is 16.6. The smallest absolute Gasteiger partial charge is 0.147 e. The van der Waals surface area contributed by atoms with Crippen LogP contribution < -0.4 is 0 Å². The fourth-order valence-electron chi connectivity index (χ4n) is 6.52. The van der Waals surface area contributed by atoms with Gasteiger partial charge in [0.15, 0.2) is 0 Å². The van der Waals surface area contributed by atoms with E-state index in [2.05, 4.69) is 84.9 Å². The molecule has 0 N–H and O–H groups in total. The molecule has 0 radical (unpaired) electrons. The Balaban J connectivity index is 1.38. The minimum atomic E-state index is -0.324. The van der Waals surface area contributed by atoms with Crippen LogP contribution >= 0.6 is 0 Å². The van der Waals surface area contributed by atoms with Gasteiger partial charge in [-0.25, -0.2) is 0 Å². The molecule has 0 spiro atoms. The van der Waals surface area contributed by atoms with Crippen LogP contribution in [0.1, 0.15) is 5.48 Å². The van der Waals surface area contributed by atoms with Crippen LogP contribution in [0.3, 0.4) is 0 Å². The summed E-state index contributed by atoms with van der Waals surface area (Å²) in [6.45, 7) is 0. The Hall–Kier alpha value is -5.86. The van der Waals surface area contributed by atoms with Crippen molar-refractivity contribution in [3.05, 3.63) is 158 Å². The second-order valence-electron chi connectivity index (χ2n) is 10.9. The maximum absolute atomic E-state index is 8.56. The van der Waals surface area contributed by atoms with Crippen molar-refractivity contribution >= 4 is 43.5 Å². The van der Waals surface area contributed by atoms with E-state index in [9.17, 15) is 0 Å². The number of rotatable bonds is 4. The monoisotopic (exact) mass is 566 g/mol. The number of para-hydroxylation sites is 2. The van der Waals surface area contributed by atoms with Gasteiger partial charge in [0.05, 0.1) is 11.0 Å². The summed E-state index contributed by atoms with van der Waals surface area (Å²) in [5.74, 6) is 1.03. The first kappa shape index (κ1) is 20.9. The number of benzene rings is 7. The molecule has 2 heterocycles. The van der Waals surface area contributed by atoms with E-state index in [-0.39, 0.29) is 29.8 Å². The summed E-state index contributed by atoms with van der Waals surface area (Å²) in [7, 11) is 0. The van der Waals surface area contributed by atoms with Crippen LogP contribution in [0.25, 0.3) is 88.4 Å². The summed E-state index contributed by atoms with van der Waals surface area (Å²) in [4.78, 5) is 0. The zero-order chi connectivity index (χ0) is 32.5. The fraction of sp³-hybridized carbons (Fsp3) is 0. The summed E-state index contributed by atoms with van der Waals surface area (Å²) in [5.41, 5.74) is 6.95. The van der Waals surface area contributed by atoms with Crippen molar-refractivity contribution in [1.29, 1.82) is 0 Å². The van der Waals surface area contributed by atoms with Gasteiger partial charge in [-0.2, -0.15) is 0 Å². The molecule has 0 saturated carbocycles. The SMILES string of the molecule is [2H]c1c([2H])c([2H])c2oc(-c3c(-c4c5ccccc5c(-c5cccc(-c6ccccc6)c5)c5ccccc45)oc4ccccc34)cc2c1[2H]. The van der Waals surface area contributed by atoms with E-state index in [4.69, 9.17) is 14.3 Å². The summed E-state index contributed by atoms with van der Waals surface area (Å²) in [6.07, 6.45) is 0. The van der Waals surface area contributed by atoms with Gasteiger partial charge in [0.2, 0.25) is 0 Å². The van der Waals surface area contributed by atoms with Crippen molar-refractivity contribution in [2.45, 2.75) is 0 Å². The lowest BCUT2D eigenvalue weighted by Crippen LogP contribution is -1.91. The Morgan fingerprint density at radius 2 is 1.00 bits per heavy atom. The van der Waals surface area contributed by atoms with Crippen LogP contribution in [0, 0.1) is 0 Å². The largest absolute Gasteiger partial charge is 0.456 e. The third-order valence-electron chi connectivity index (χ3n) is 8.43. The first-order chi connectivity index (χ1) is 23.5. The van der Waals surface area contributed by atoms with Gasteiger partial charge < -0.3 is 8.83 Å². The molecule has 9 aromatic rings. The third-order valence-corrected chi connectivity index (χ3v) is 8.43. The predicted molar refractivity (Wildman–Crippen MR) is 183 cm³/mol. The van der Waals surface area contributed by atoms with Crippen molar-refractivity contribution in [1.82, 2.24) is 0 Å². The van der Waals surface area contributed by atoms with Gasteiger partial charge in [0.1, 0.15) is 22.7 Å². The normalized spacial score (nSPS) is 12.9. The third kappa shape index (κ3) is 3.82. The van der Waals surface area contributed by atoms with E-state index in [1.807, 2.05) is 42.5 Å². The molecule has 0 saturated heterocycles. The molecule has 44 heavy (non-hydrogen) atoms. The van der Waals surface area contributed by atoms with Crippen LogP contribution in [0.15, 0.2) is 166 Å². The van der Waals surface area contributed by atoms with Gasteiger partial charge in [0, 0.05) is 16.3 Å². The molecule has 0 aliphatic rings. The van der Waals surface area contributed by atoms with Gasteiger partial charge in [-0.3, -0.25) is 0 Å². The lowest BCUT2D eigenvalue weighted by atomic mass is 9.86. The van der Waals surface area contributed by atoms with Crippen LogP contribution in [-0.2, 0) is 0 Å². The van der Waals surface area contributed by atoms with Crippen molar-refractivity contribution in [3.8, 4) is 44.9 Å². The first-order valence-corrected chi connectivity index (χ1v) is 14.6. The Bertz CT molecular complexity index is 2620. The highest BCUT2D eigenvalue weighted by molar-refractivity contribution is 6.23. The molecule has 2 nitrogen and oxygen atoms in total. The Labute approximate surface area is 260 Å². The molecule has 9 rings (SSSR count). The minimum absolute atomic E-state index is 0.121. The lowest BCUT2D eigenvalue weighted by Gasteiger charge is -2.17. The standard InChI is InChI=1S/C42H26O2/c1-2-13-27(14-3-1)28-16-12-17-30(25-28)39-31-18-5-7-20-33(31)40(34-21-8-6-19-32(34)39)42-41(35-22-9-11-24-37(35)44-42)38-26-29-15-4-10-23-36(29)43-38/h1-26H/i4D,10D,15D,23D. The molecule has 0 amide bonds. The molecule has 2 aromatic heterocycles. The molecular weight excluding hydrogens is 536 g/mol. The Kier molecular flexibility index (Phi) is 4.69. The minimum Gasteiger partial charge on any atom is -0.456 e. The van der Waals surface area contributed by atoms with E-state index < -0.39 is 0 Å². The summed E-state index contributed by atoms with van der Waals surface area (Å²) in [5, 5.41) is 5.33. The highest BCUT2D eigenvalue weighted by Gasteiger charge is 2.25. The van der Waals surface area contributed by atoms with Gasteiger partial charge in [-0.05, 0) is 68.0 Å². The van der Waals surface area contributed by atoms with Gasteiger partial charge in [-0.15, -0.1) is 0 Å². The van der Waals surface area contributed by atoms with E-state index in [0.29, 0.717) is 28.1 Å². The van der Waals surface area contributed by atoms with Gasteiger partial charge in [-0.1, -0.05) is 133 Å². The van der Waals surface area contributed by atoms with E-state index in [1.54, 1.807) is 6.07 Å². The zero-order valence-corrected chi connectivity index (χ0v) is 23.5. The Morgan fingerprint density at radius 3 is 1.75 bits per heavy atom. The molecule has 0 fully saturated rings. The van der Waals surface area contributed by atoms with Crippen LogP contribution in [-0.4, -0.2) is 0 Å². The lowest BCUT2D eigenvalue weighted by molar-refractivity contribution is 0.618. The highest BCUT2D eigenvalue weighted by atomic mass is 16.4. The van der Waals surface area contributed by atoms with E-state index in [0.717, 1.165) is 54.7 Å². The van der Waals surface area contributed by atoms with Crippen molar-refractivity contribution in [2.75, 3.05) is 0 Å². The summed E-state index contributed by atoms with van der Waals surface area (Å²) >= 11 is 0. The van der Waals surface area contributed by atoms with E-state index >= 15 is 0 Å². The zero-order valence-electron chi connectivity index (χ0n) is 27.5. The summed E-state index contributed by atoms with van der Waals surface area (Å²) < 4.78 is 46.6. The topological polar surface area (TPSA) is 26.3 Å². The highest BCUT2D eigenvalue weighted by Crippen LogP contribution is 2.49. The maximum Gasteiger partial charge on any atom is 0.147 e. The average Bonchev–Trinajstić information content (AvgIpc) is 3.75. The van der Waals surface area contributed by atoms with Crippen LogP contribution in [0.5, 0.6) is 0 Å². The number of hydrogen-bond donors (Lipinski definition) is 0. The number of fused-ring (bicyclic) bond motifs is 4. The average molecular weight is 567 g/mol. The van der Waals surface area contributed by atoms with Gasteiger partial charge >= 0.3 is 0 Å². The summed E-state index contributed by atoms with van der Waals surface area (Å²) in [6, 6.07) is 44.4. The molecule has 206 valence electrons. The van der Waals surface area contributed by atoms with Crippen LogP contribution in [0.2, 0.25) is 0 Å². The number of furan rings is 2. The molecule has 2 heteroatoms. The molecule has 0 bridgehead atoms. The maximum atomic E-state index is 8.56. The quantitative estimate of drug-likeness (QED) is 0.198. The van der Waals surface area contributed by atoms with Crippen LogP contribution in [0.4, 0.5) is 0 Å². The fourth-order valence-corrected chi connectivity index (χ4v) is 6.52. The number of hydrogen-bond acceptors (Lipinski definition) is 2. The predicted octanol–water partition coefficient (Wildman–Crippen LogP) is 12.2. The second-order valence-corrected chi connectivity index (χ2v) is 10.9. The molecular formula is C42H26O2. The second kappa shape index (κ2) is 9.86. The molecule has 0 unspecified atom stereocenters. The van der Waals surface area contributed by atoms with E-state index in [1.165, 1.54) is 0 Å². The Morgan fingerprint density at radius 1 is 0.409 bits per heavy atom. The van der Waals surface area contributed by atoms with Crippen molar-refractivity contribution < 1.29 is 14.3 Å². The molecule has 0 aliphatic carbocycles. The van der Waals surface area contributed by atoms with Gasteiger partial charge in [0.25, 0.3) is 0 Å². The molecule has 0 aliphatic heterocycles. The molecule has 0 atom stereocenters.